The molecule has 76 valence electrons. The molecule has 1 aliphatic carbocycles. The van der Waals surface area contributed by atoms with Gasteiger partial charge in [0.2, 0.25) is 0 Å². The molecule has 2 aliphatic rings. The summed E-state index contributed by atoms with van der Waals surface area (Å²) in [5, 5.41) is 3.37. The molecule has 0 aromatic carbocycles. The molecule has 0 radical (unpaired) electrons. The third kappa shape index (κ3) is 2.05. The predicted octanol–water partition coefficient (Wildman–Crippen LogP) is 1.47. The first-order chi connectivity index (χ1) is 6.35. The van der Waals surface area contributed by atoms with Crippen LogP contribution in [-0.2, 0) is 0 Å². The fourth-order valence-corrected chi connectivity index (χ4v) is 2.66. The monoisotopic (exact) mass is 182 g/mol. The van der Waals surface area contributed by atoms with Crippen molar-refractivity contribution in [1.29, 1.82) is 0 Å². The summed E-state index contributed by atoms with van der Waals surface area (Å²) in [6.45, 7) is 8.60. The van der Waals surface area contributed by atoms with Gasteiger partial charge in [0.25, 0.3) is 0 Å². The molecule has 2 rings (SSSR count). The molecule has 1 saturated carbocycles. The quantitative estimate of drug-likeness (QED) is 0.648. The number of nitrogens with zero attached hydrogens (tertiary/aromatic N) is 1. The molecule has 0 unspecified atom stereocenters. The molecule has 0 atom stereocenters. The Morgan fingerprint density at radius 1 is 1.31 bits per heavy atom. The Hall–Kier alpha value is -0.0800. The van der Waals surface area contributed by atoms with Crippen LogP contribution in [0.5, 0.6) is 0 Å². The van der Waals surface area contributed by atoms with Crippen LogP contribution in [0.3, 0.4) is 0 Å². The van der Waals surface area contributed by atoms with Crippen molar-refractivity contribution >= 4 is 0 Å². The van der Waals surface area contributed by atoms with Crippen molar-refractivity contribution in [3.63, 3.8) is 0 Å². The summed E-state index contributed by atoms with van der Waals surface area (Å²) in [6.07, 6.45) is 5.84. The molecule has 1 spiro atoms. The summed E-state index contributed by atoms with van der Waals surface area (Å²) >= 11 is 0. The van der Waals surface area contributed by atoms with Crippen LogP contribution >= 0.6 is 0 Å². The van der Waals surface area contributed by atoms with Crippen molar-refractivity contribution in [2.24, 2.45) is 5.41 Å². The molecule has 0 amide bonds. The lowest BCUT2D eigenvalue weighted by Gasteiger charge is -2.56. The van der Waals surface area contributed by atoms with E-state index in [0.717, 1.165) is 12.0 Å². The number of nitrogens with one attached hydrogen (secondary N) is 1. The highest BCUT2D eigenvalue weighted by molar-refractivity contribution is 5.00. The molecule has 1 saturated heterocycles. The van der Waals surface area contributed by atoms with E-state index in [1.54, 1.807) is 0 Å². The summed E-state index contributed by atoms with van der Waals surface area (Å²) in [5.74, 6) is 0. The van der Waals surface area contributed by atoms with Gasteiger partial charge < -0.3 is 10.2 Å². The number of likely N-dealkylation sites (tertiary alicyclic amines) is 1. The second kappa shape index (κ2) is 3.97. The minimum absolute atomic E-state index is 0.818. The smallest absolute Gasteiger partial charge is 0.00505 e. The highest BCUT2D eigenvalue weighted by Crippen LogP contribution is 2.47. The van der Waals surface area contributed by atoms with Gasteiger partial charge >= 0.3 is 0 Å². The van der Waals surface area contributed by atoms with Gasteiger partial charge in [0, 0.05) is 13.1 Å². The zero-order valence-electron chi connectivity index (χ0n) is 8.81. The van der Waals surface area contributed by atoms with Crippen LogP contribution in [0.4, 0.5) is 0 Å². The highest BCUT2D eigenvalue weighted by atomic mass is 15.2. The van der Waals surface area contributed by atoms with Crippen LogP contribution in [0.25, 0.3) is 0 Å². The van der Waals surface area contributed by atoms with Gasteiger partial charge in [0.05, 0.1) is 0 Å². The number of hydrogen-bond acceptors (Lipinski definition) is 2. The molecule has 0 bridgehead atoms. The van der Waals surface area contributed by atoms with E-state index in [1.807, 2.05) is 0 Å². The van der Waals surface area contributed by atoms with Crippen molar-refractivity contribution in [1.82, 2.24) is 10.2 Å². The van der Waals surface area contributed by atoms with E-state index in [2.05, 4.69) is 17.1 Å². The normalized spacial score (nSPS) is 25.6. The van der Waals surface area contributed by atoms with Crippen LogP contribution in [0.2, 0.25) is 0 Å². The van der Waals surface area contributed by atoms with Crippen LogP contribution in [0.1, 0.15) is 32.6 Å². The van der Waals surface area contributed by atoms with E-state index < -0.39 is 0 Å². The Morgan fingerprint density at radius 2 is 2.08 bits per heavy atom. The third-order valence-electron chi connectivity index (χ3n) is 3.61. The molecule has 0 aromatic rings. The third-order valence-corrected chi connectivity index (χ3v) is 3.61. The molecule has 2 fully saturated rings. The van der Waals surface area contributed by atoms with Gasteiger partial charge in [-0.1, -0.05) is 13.3 Å². The minimum Gasteiger partial charge on any atom is -0.317 e. The molecule has 2 nitrogen and oxygen atoms in total. The largest absolute Gasteiger partial charge is 0.317 e. The van der Waals surface area contributed by atoms with Gasteiger partial charge in [0.1, 0.15) is 0 Å². The molecule has 0 aromatic heterocycles. The second-order valence-corrected chi connectivity index (χ2v) is 4.77. The van der Waals surface area contributed by atoms with Gasteiger partial charge in [0.15, 0.2) is 0 Å². The molecule has 13 heavy (non-hydrogen) atoms. The average molecular weight is 182 g/mol. The van der Waals surface area contributed by atoms with Crippen LogP contribution in [0, 0.1) is 5.41 Å². The topological polar surface area (TPSA) is 15.3 Å². The zero-order chi connectivity index (χ0) is 9.15. The molecule has 1 aliphatic heterocycles. The van der Waals surface area contributed by atoms with Gasteiger partial charge in [-0.3, -0.25) is 0 Å². The highest BCUT2D eigenvalue weighted by Gasteiger charge is 2.46. The van der Waals surface area contributed by atoms with Crippen LogP contribution < -0.4 is 5.32 Å². The van der Waals surface area contributed by atoms with Gasteiger partial charge in [-0.25, -0.2) is 0 Å². The van der Waals surface area contributed by atoms with Crippen molar-refractivity contribution in [3.8, 4) is 0 Å². The van der Waals surface area contributed by atoms with Crippen LogP contribution in [-0.4, -0.2) is 37.6 Å². The van der Waals surface area contributed by atoms with E-state index in [4.69, 9.17) is 0 Å². The van der Waals surface area contributed by atoms with Crippen molar-refractivity contribution in [3.05, 3.63) is 0 Å². The lowest BCUT2D eigenvalue weighted by molar-refractivity contribution is -0.0596. The maximum Gasteiger partial charge on any atom is 0.00505 e. The Morgan fingerprint density at radius 3 is 2.62 bits per heavy atom. The molecule has 2 heteroatoms. The second-order valence-electron chi connectivity index (χ2n) is 4.77. The summed E-state index contributed by atoms with van der Waals surface area (Å²) in [5.41, 5.74) is 0.818. The summed E-state index contributed by atoms with van der Waals surface area (Å²) < 4.78 is 0. The Labute approximate surface area is 81.7 Å². The average Bonchev–Trinajstić information content (AvgIpc) is 1.97. The Bertz CT molecular complexity index is 155. The zero-order valence-corrected chi connectivity index (χ0v) is 8.81. The Balaban J connectivity index is 1.49. The first-order valence-corrected chi connectivity index (χ1v) is 5.78. The lowest BCUT2D eigenvalue weighted by Crippen LogP contribution is -2.59. The minimum atomic E-state index is 0.818. The van der Waals surface area contributed by atoms with Crippen molar-refractivity contribution in [2.75, 3.05) is 32.7 Å². The number of rotatable bonds is 5. The number of hydrogen-bond donors (Lipinski definition) is 1. The molecule has 1 N–H and O–H groups in total. The van der Waals surface area contributed by atoms with E-state index >= 15 is 0 Å². The molecule has 1 heterocycles. The maximum absolute atomic E-state index is 3.37. The van der Waals surface area contributed by atoms with E-state index in [9.17, 15) is 0 Å². The predicted molar refractivity (Wildman–Crippen MR) is 55.9 cm³/mol. The van der Waals surface area contributed by atoms with Gasteiger partial charge in [-0.2, -0.15) is 0 Å². The summed E-state index contributed by atoms with van der Waals surface area (Å²) in [4.78, 5) is 2.62. The van der Waals surface area contributed by atoms with Gasteiger partial charge in [-0.05, 0) is 44.3 Å². The van der Waals surface area contributed by atoms with E-state index in [1.165, 1.54) is 51.9 Å². The molecular formula is C11H22N2. The first-order valence-electron chi connectivity index (χ1n) is 5.78. The van der Waals surface area contributed by atoms with E-state index in [0.29, 0.717) is 0 Å². The maximum atomic E-state index is 3.37. The molecular weight excluding hydrogens is 160 g/mol. The standard InChI is InChI=1S/C11H22N2/c1-2-12-7-4-8-13-9-11(10-13)5-3-6-11/h12H,2-10H2,1H3. The van der Waals surface area contributed by atoms with E-state index in [-0.39, 0.29) is 0 Å². The lowest BCUT2D eigenvalue weighted by atomic mass is 9.63. The van der Waals surface area contributed by atoms with Crippen LogP contribution in [0.15, 0.2) is 0 Å². The summed E-state index contributed by atoms with van der Waals surface area (Å²) in [6, 6.07) is 0. The van der Waals surface area contributed by atoms with Crippen molar-refractivity contribution in [2.45, 2.75) is 32.6 Å². The first kappa shape index (κ1) is 9.47. The van der Waals surface area contributed by atoms with Gasteiger partial charge in [-0.15, -0.1) is 0 Å². The summed E-state index contributed by atoms with van der Waals surface area (Å²) in [7, 11) is 0. The fraction of sp³-hybridized carbons (Fsp3) is 1.00. The Kier molecular flexibility index (Phi) is 2.89. The fourth-order valence-electron chi connectivity index (χ4n) is 2.66. The van der Waals surface area contributed by atoms with Crippen molar-refractivity contribution < 1.29 is 0 Å². The SMILES string of the molecule is CCNCCCN1CC2(CCC2)C1.